The Morgan fingerprint density at radius 3 is 2.17 bits per heavy atom. The van der Waals surface area contributed by atoms with Crippen molar-refractivity contribution in [3.05, 3.63) is 60.5 Å². The van der Waals surface area contributed by atoms with Crippen molar-refractivity contribution in [1.29, 1.82) is 0 Å². The van der Waals surface area contributed by atoms with Crippen LogP contribution in [-0.4, -0.2) is 6.10 Å². The van der Waals surface area contributed by atoms with Crippen LogP contribution in [0, 0.1) is 12.3 Å². The van der Waals surface area contributed by atoms with Gasteiger partial charge in [0.1, 0.15) is 5.75 Å². The summed E-state index contributed by atoms with van der Waals surface area (Å²) < 4.78 is 6.09. The highest BCUT2D eigenvalue weighted by Crippen LogP contribution is 2.28. The molecule has 0 saturated heterocycles. The third-order valence-electron chi connectivity index (χ3n) is 6.34. The molecule has 1 aliphatic carbocycles. The quantitative estimate of drug-likeness (QED) is 0.349. The van der Waals surface area contributed by atoms with Crippen LogP contribution in [0.1, 0.15) is 83.6 Å². The molecule has 1 radical (unpaired) electrons. The second kappa shape index (κ2) is 12.1. The van der Waals surface area contributed by atoms with Crippen molar-refractivity contribution in [3.63, 3.8) is 0 Å². The smallest absolute Gasteiger partial charge is 0.119 e. The van der Waals surface area contributed by atoms with E-state index in [1.807, 2.05) is 0 Å². The molecule has 0 spiro atoms. The van der Waals surface area contributed by atoms with Gasteiger partial charge in [-0.05, 0) is 86.6 Å². The Hall–Kier alpha value is -1.76. The van der Waals surface area contributed by atoms with Crippen molar-refractivity contribution in [2.75, 3.05) is 0 Å². The SMILES string of the molecule is CCCCCCC(C)Oc1ccc(-c2ccc(CCC3CC[CH]CC3)cc2)cc1. The van der Waals surface area contributed by atoms with Gasteiger partial charge in [-0.1, -0.05) is 75.4 Å². The Balaban J connectivity index is 1.46. The molecule has 1 fully saturated rings. The third kappa shape index (κ3) is 7.53. The second-order valence-electron chi connectivity index (χ2n) is 8.85. The topological polar surface area (TPSA) is 9.23 Å². The number of ether oxygens (including phenoxy) is 1. The van der Waals surface area contributed by atoms with Crippen LogP contribution in [0.5, 0.6) is 5.75 Å². The molecule has 1 unspecified atom stereocenters. The van der Waals surface area contributed by atoms with Crippen LogP contribution in [0.4, 0.5) is 0 Å². The summed E-state index contributed by atoms with van der Waals surface area (Å²) in [5, 5.41) is 0. The van der Waals surface area contributed by atoms with Crippen LogP contribution in [0.25, 0.3) is 11.1 Å². The Bertz CT molecular complexity index is 679. The number of rotatable bonds is 11. The summed E-state index contributed by atoms with van der Waals surface area (Å²) in [6.07, 6.45) is 17.1. The van der Waals surface area contributed by atoms with Gasteiger partial charge in [0.15, 0.2) is 0 Å². The Morgan fingerprint density at radius 2 is 1.52 bits per heavy atom. The van der Waals surface area contributed by atoms with Gasteiger partial charge in [0.25, 0.3) is 0 Å². The van der Waals surface area contributed by atoms with Crippen LogP contribution >= 0.6 is 0 Å². The number of benzene rings is 2. The lowest BCUT2D eigenvalue weighted by Gasteiger charge is -2.21. The lowest BCUT2D eigenvalue weighted by molar-refractivity contribution is 0.206. The highest BCUT2D eigenvalue weighted by atomic mass is 16.5. The Morgan fingerprint density at radius 1 is 0.862 bits per heavy atom. The van der Waals surface area contributed by atoms with Crippen LogP contribution in [0.2, 0.25) is 0 Å². The van der Waals surface area contributed by atoms with Crippen molar-refractivity contribution < 1.29 is 4.74 Å². The van der Waals surface area contributed by atoms with Crippen molar-refractivity contribution in [1.82, 2.24) is 0 Å². The lowest BCUT2D eigenvalue weighted by Crippen LogP contribution is -2.11. The molecule has 29 heavy (non-hydrogen) atoms. The molecule has 0 aromatic heterocycles. The fraction of sp³-hybridized carbons (Fsp3) is 0.536. The lowest BCUT2D eigenvalue weighted by atomic mass is 9.85. The summed E-state index contributed by atoms with van der Waals surface area (Å²) >= 11 is 0. The van der Waals surface area contributed by atoms with E-state index < -0.39 is 0 Å². The van der Waals surface area contributed by atoms with E-state index in [2.05, 4.69) is 68.8 Å². The summed E-state index contributed by atoms with van der Waals surface area (Å²) in [6, 6.07) is 17.8. The van der Waals surface area contributed by atoms with Crippen LogP contribution in [0.15, 0.2) is 48.5 Å². The molecular formula is C28H39O. The zero-order chi connectivity index (χ0) is 20.3. The van der Waals surface area contributed by atoms with Crippen LogP contribution in [-0.2, 0) is 6.42 Å². The molecule has 1 nitrogen and oxygen atoms in total. The molecule has 0 bridgehead atoms. The first-order valence-corrected chi connectivity index (χ1v) is 11.9. The van der Waals surface area contributed by atoms with Gasteiger partial charge in [-0.15, -0.1) is 0 Å². The molecular weight excluding hydrogens is 352 g/mol. The van der Waals surface area contributed by atoms with E-state index >= 15 is 0 Å². The van der Waals surface area contributed by atoms with Gasteiger partial charge in [0.05, 0.1) is 6.10 Å². The summed E-state index contributed by atoms with van der Waals surface area (Å²) in [5.74, 6) is 1.92. The molecule has 0 aliphatic heterocycles. The van der Waals surface area contributed by atoms with Gasteiger partial charge < -0.3 is 4.74 Å². The van der Waals surface area contributed by atoms with Crippen molar-refractivity contribution >= 4 is 0 Å². The molecule has 1 aliphatic rings. The molecule has 0 heterocycles. The van der Waals surface area contributed by atoms with Crippen LogP contribution in [0.3, 0.4) is 0 Å². The fourth-order valence-electron chi connectivity index (χ4n) is 4.39. The van der Waals surface area contributed by atoms with Gasteiger partial charge in [-0.3, -0.25) is 0 Å². The summed E-state index contributed by atoms with van der Waals surface area (Å²) in [7, 11) is 0. The first-order chi connectivity index (χ1) is 14.2. The summed E-state index contributed by atoms with van der Waals surface area (Å²) in [6.45, 7) is 4.44. The van der Waals surface area contributed by atoms with Crippen molar-refractivity contribution in [2.45, 2.75) is 90.6 Å². The standard InChI is InChI=1S/C28H39O/c1-3-4-5-7-10-23(2)29-28-21-19-27(20-22-28)26-17-15-25(16-18-26)14-13-24-11-8-6-9-12-24/h6,15-24H,3-5,7-14H2,1-2H3. The minimum atomic E-state index is 0.291. The predicted molar refractivity (Wildman–Crippen MR) is 125 cm³/mol. The molecule has 0 N–H and O–H groups in total. The average Bonchev–Trinajstić information content (AvgIpc) is 2.77. The number of aryl methyl sites for hydroxylation is 1. The van der Waals surface area contributed by atoms with E-state index in [4.69, 9.17) is 4.74 Å². The van der Waals surface area contributed by atoms with Gasteiger partial charge in [-0.2, -0.15) is 0 Å². The summed E-state index contributed by atoms with van der Waals surface area (Å²) in [4.78, 5) is 0. The predicted octanol–water partition coefficient (Wildman–Crippen LogP) is 8.42. The second-order valence-corrected chi connectivity index (χ2v) is 8.85. The molecule has 3 rings (SSSR count). The minimum absolute atomic E-state index is 0.291. The molecule has 2 aromatic rings. The maximum Gasteiger partial charge on any atom is 0.119 e. The average molecular weight is 392 g/mol. The Labute approximate surface area is 178 Å². The Kier molecular flexibility index (Phi) is 9.12. The molecule has 1 saturated carbocycles. The van der Waals surface area contributed by atoms with E-state index in [-0.39, 0.29) is 0 Å². The van der Waals surface area contributed by atoms with Crippen LogP contribution < -0.4 is 4.74 Å². The zero-order valence-corrected chi connectivity index (χ0v) is 18.5. The van der Waals surface area contributed by atoms with E-state index in [0.29, 0.717) is 6.10 Å². The van der Waals surface area contributed by atoms with E-state index in [1.165, 1.54) is 80.9 Å². The highest BCUT2D eigenvalue weighted by molar-refractivity contribution is 5.64. The van der Waals surface area contributed by atoms with Crippen molar-refractivity contribution in [2.24, 2.45) is 5.92 Å². The fourth-order valence-corrected chi connectivity index (χ4v) is 4.39. The van der Waals surface area contributed by atoms with E-state index in [0.717, 1.165) is 18.1 Å². The minimum Gasteiger partial charge on any atom is -0.491 e. The molecule has 1 heteroatoms. The molecule has 157 valence electrons. The van der Waals surface area contributed by atoms with Crippen molar-refractivity contribution in [3.8, 4) is 16.9 Å². The zero-order valence-electron chi connectivity index (χ0n) is 18.5. The number of hydrogen-bond acceptors (Lipinski definition) is 1. The number of unbranched alkanes of at least 4 members (excludes halogenated alkanes) is 3. The van der Waals surface area contributed by atoms with Gasteiger partial charge >= 0.3 is 0 Å². The van der Waals surface area contributed by atoms with Gasteiger partial charge in [0, 0.05) is 0 Å². The molecule has 0 amide bonds. The monoisotopic (exact) mass is 391 g/mol. The summed E-state index contributed by atoms with van der Waals surface area (Å²) in [5.41, 5.74) is 4.03. The maximum atomic E-state index is 6.09. The first kappa shape index (κ1) is 21.9. The molecule has 1 atom stereocenters. The van der Waals surface area contributed by atoms with E-state index in [9.17, 15) is 0 Å². The molecule has 2 aromatic carbocycles. The van der Waals surface area contributed by atoms with E-state index in [1.54, 1.807) is 0 Å². The third-order valence-corrected chi connectivity index (χ3v) is 6.34. The normalized spacial score (nSPS) is 15.9. The first-order valence-electron chi connectivity index (χ1n) is 11.9. The largest absolute Gasteiger partial charge is 0.491 e. The van der Waals surface area contributed by atoms with Gasteiger partial charge in [-0.25, -0.2) is 0 Å². The number of hydrogen-bond donors (Lipinski definition) is 0. The maximum absolute atomic E-state index is 6.09. The highest BCUT2D eigenvalue weighted by Gasteiger charge is 2.13. The van der Waals surface area contributed by atoms with Gasteiger partial charge in [0.2, 0.25) is 0 Å².